The van der Waals surface area contributed by atoms with Gasteiger partial charge in [0, 0.05) is 43.6 Å². The van der Waals surface area contributed by atoms with Gasteiger partial charge in [0.15, 0.2) is 0 Å². The predicted octanol–water partition coefficient (Wildman–Crippen LogP) is 3.65. The van der Waals surface area contributed by atoms with Crippen LogP contribution in [0.2, 0.25) is 0 Å². The summed E-state index contributed by atoms with van der Waals surface area (Å²) in [6, 6.07) is 13.2. The van der Waals surface area contributed by atoms with Crippen molar-refractivity contribution >= 4 is 11.3 Å². The normalized spacial score (nSPS) is 26.3. The number of β-amino-alcohol motifs (C(OH)–C–C–N with tert-alkyl or cyclic N) is 1. The lowest BCUT2D eigenvalue weighted by atomic mass is 9.72. The largest absolute Gasteiger partial charge is 0.491 e. The zero-order valence-electron chi connectivity index (χ0n) is 17.8. The number of aliphatic hydroxyl groups excluding tert-OH is 1. The van der Waals surface area contributed by atoms with E-state index in [1.54, 1.807) is 23.5 Å². The third-order valence-electron chi connectivity index (χ3n) is 6.66. The maximum atomic E-state index is 13.0. The van der Waals surface area contributed by atoms with Crippen molar-refractivity contribution in [3.05, 3.63) is 52.5 Å². The number of rotatable bonds is 7. The molecule has 31 heavy (non-hydrogen) atoms. The van der Waals surface area contributed by atoms with Crippen LogP contribution in [-0.2, 0) is 5.41 Å². The molecule has 2 aliphatic rings. The van der Waals surface area contributed by atoms with Gasteiger partial charge in [0.05, 0.1) is 11.5 Å². The van der Waals surface area contributed by atoms with E-state index in [0.717, 1.165) is 51.9 Å². The van der Waals surface area contributed by atoms with Gasteiger partial charge < -0.3 is 9.84 Å². The standard InChI is InChI=1S/C24H30FN3O2S/c25-19-3-5-22(6-4-19)30-17-21(29)16-27-11-13-28(14-12-27)20-7-9-24(18-26,10-8-20)23-2-1-15-31-23/h1-6,15,20-21,29H,7-14,16-17H2/t20-,21?,24-. The van der Waals surface area contributed by atoms with Crippen LogP contribution in [0.5, 0.6) is 5.75 Å². The van der Waals surface area contributed by atoms with Crippen LogP contribution in [0.3, 0.4) is 0 Å². The van der Waals surface area contributed by atoms with Gasteiger partial charge in [0.2, 0.25) is 0 Å². The molecule has 5 nitrogen and oxygen atoms in total. The van der Waals surface area contributed by atoms with Gasteiger partial charge in [-0.15, -0.1) is 11.3 Å². The average Bonchev–Trinajstić information content (AvgIpc) is 3.35. The summed E-state index contributed by atoms with van der Waals surface area (Å²) in [5, 5.41) is 22.2. The Morgan fingerprint density at radius 2 is 1.87 bits per heavy atom. The summed E-state index contributed by atoms with van der Waals surface area (Å²) in [6.07, 6.45) is 3.44. The van der Waals surface area contributed by atoms with Crippen molar-refractivity contribution in [2.75, 3.05) is 39.3 Å². The van der Waals surface area contributed by atoms with Gasteiger partial charge in [-0.2, -0.15) is 5.26 Å². The van der Waals surface area contributed by atoms with Crippen molar-refractivity contribution in [1.29, 1.82) is 5.26 Å². The minimum atomic E-state index is -0.576. The first-order valence-corrected chi connectivity index (χ1v) is 11.9. The van der Waals surface area contributed by atoms with Gasteiger partial charge in [0.1, 0.15) is 24.3 Å². The van der Waals surface area contributed by atoms with Gasteiger partial charge in [-0.3, -0.25) is 9.80 Å². The van der Waals surface area contributed by atoms with Crippen LogP contribution >= 0.6 is 11.3 Å². The molecule has 7 heteroatoms. The second kappa shape index (κ2) is 10.1. The Morgan fingerprint density at radius 1 is 1.16 bits per heavy atom. The molecule has 1 aromatic heterocycles. The van der Waals surface area contributed by atoms with Crippen LogP contribution < -0.4 is 4.74 Å². The second-order valence-corrected chi connectivity index (χ2v) is 9.61. The summed E-state index contributed by atoms with van der Waals surface area (Å²) in [5.41, 5.74) is -0.291. The van der Waals surface area contributed by atoms with Crippen LogP contribution in [0, 0.1) is 17.1 Å². The summed E-state index contributed by atoms with van der Waals surface area (Å²) in [5.74, 6) is 0.270. The molecule has 1 N–H and O–H groups in total. The van der Waals surface area contributed by atoms with Crippen LogP contribution in [0.15, 0.2) is 41.8 Å². The lowest BCUT2D eigenvalue weighted by Gasteiger charge is -2.43. The Hall–Kier alpha value is -1.98. The third kappa shape index (κ3) is 5.45. The lowest BCUT2D eigenvalue weighted by molar-refractivity contribution is 0.0287. The van der Waals surface area contributed by atoms with E-state index >= 15 is 0 Å². The van der Waals surface area contributed by atoms with E-state index in [2.05, 4.69) is 27.3 Å². The molecule has 1 saturated carbocycles. The van der Waals surface area contributed by atoms with E-state index < -0.39 is 6.10 Å². The Labute approximate surface area is 187 Å². The molecule has 2 heterocycles. The number of hydrogen-bond donors (Lipinski definition) is 1. The highest BCUT2D eigenvalue weighted by atomic mass is 32.1. The van der Waals surface area contributed by atoms with E-state index in [1.165, 1.54) is 17.0 Å². The van der Waals surface area contributed by atoms with Gasteiger partial charge in [-0.25, -0.2) is 4.39 Å². The maximum Gasteiger partial charge on any atom is 0.123 e. The van der Waals surface area contributed by atoms with Gasteiger partial charge in [-0.05, 0) is 61.4 Å². The Bertz CT molecular complexity index is 852. The van der Waals surface area contributed by atoms with E-state index in [-0.39, 0.29) is 17.8 Å². The molecule has 4 rings (SSSR count). The first kappa shape index (κ1) is 22.2. The molecule has 0 spiro atoms. The molecular weight excluding hydrogens is 413 g/mol. The smallest absolute Gasteiger partial charge is 0.123 e. The van der Waals surface area contributed by atoms with E-state index in [4.69, 9.17) is 4.74 Å². The number of piperazine rings is 1. The quantitative estimate of drug-likeness (QED) is 0.708. The Kier molecular flexibility index (Phi) is 7.24. The van der Waals surface area contributed by atoms with Gasteiger partial charge in [0.25, 0.3) is 0 Å². The first-order valence-electron chi connectivity index (χ1n) is 11.1. The number of halogens is 1. The molecule has 1 aromatic carbocycles. The van der Waals surface area contributed by atoms with Gasteiger partial charge in [-0.1, -0.05) is 6.07 Å². The summed E-state index contributed by atoms with van der Waals surface area (Å²) in [7, 11) is 0. The lowest BCUT2D eigenvalue weighted by Crippen LogP contribution is -2.53. The molecule has 1 aliphatic heterocycles. The summed E-state index contributed by atoms with van der Waals surface area (Å²) in [4.78, 5) is 6.06. The van der Waals surface area contributed by atoms with Crippen molar-refractivity contribution in [2.45, 2.75) is 43.2 Å². The molecule has 0 bridgehead atoms. The minimum absolute atomic E-state index is 0.202. The molecule has 1 unspecified atom stereocenters. The minimum Gasteiger partial charge on any atom is -0.491 e. The monoisotopic (exact) mass is 443 g/mol. The van der Waals surface area contributed by atoms with Crippen LogP contribution in [-0.4, -0.2) is 66.4 Å². The van der Waals surface area contributed by atoms with Crippen LogP contribution in [0.4, 0.5) is 4.39 Å². The number of benzene rings is 1. The van der Waals surface area contributed by atoms with Gasteiger partial charge >= 0.3 is 0 Å². The van der Waals surface area contributed by atoms with Crippen molar-refractivity contribution in [2.24, 2.45) is 0 Å². The SMILES string of the molecule is N#C[C@]1(c2cccs2)CC[C@H](N2CCN(CC(O)COc3ccc(F)cc3)CC2)CC1. The fourth-order valence-corrected chi connectivity index (χ4v) is 5.75. The molecule has 166 valence electrons. The molecule has 2 fully saturated rings. The van der Waals surface area contributed by atoms with Crippen molar-refractivity contribution < 1.29 is 14.2 Å². The number of ether oxygens (including phenoxy) is 1. The Morgan fingerprint density at radius 3 is 2.48 bits per heavy atom. The predicted molar refractivity (Wildman–Crippen MR) is 120 cm³/mol. The summed E-state index contributed by atoms with van der Waals surface area (Å²) in [6.45, 7) is 4.63. The number of nitriles is 1. The number of nitrogens with zero attached hydrogens (tertiary/aromatic N) is 3. The maximum absolute atomic E-state index is 13.0. The van der Waals surface area contributed by atoms with Crippen LogP contribution in [0.25, 0.3) is 0 Å². The highest BCUT2D eigenvalue weighted by Crippen LogP contribution is 2.42. The Balaban J connectivity index is 1.19. The summed E-state index contributed by atoms with van der Waals surface area (Å²) >= 11 is 1.71. The zero-order chi connectivity index (χ0) is 21.7. The fraction of sp³-hybridized carbons (Fsp3) is 0.542. The highest BCUT2D eigenvalue weighted by Gasteiger charge is 2.39. The average molecular weight is 444 g/mol. The number of aliphatic hydroxyl groups is 1. The van der Waals surface area contributed by atoms with Crippen molar-refractivity contribution in [3.8, 4) is 11.8 Å². The highest BCUT2D eigenvalue weighted by molar-refractivity contribution is 7.10. The number of thiophene rings is 1. The molecule has 1 saturated heterocycles. The number of hydrogen-bond acceptors (Lipinski definition) is 6. The topological polar surface area (TPSA) is 59.7 Å². The second-order valence-electron chi connectivity index (χ2n) is 8.66. The molecule has 0 amide bonds. The van der Waals surface area contributed by atoms with Crippen LogP contribution in [0.1, 0.15) is 30.6 Å². The van der Waals surface area contributed by atoms with E-state index in [9.17, 15) is 14.8 Å². The first-order chi connectivity index (χ1) is 15.1. The molecule has 2 aromatic rings. The van der Waals surface area contributed by atoms with Crippen molar-refractivity contribution in [3.63, 3.8) is 0 Å². The molecule has 0 radical (unpaired) electrons. The molecule has 1 atom stereocenters. The van der Waals surface area contributed by atoms with E-state index in [0.29, 0.717) is 18.3 Å². The van der Waals surface area contributed by atoms with E-state index in [1.807, 2.05) is 6.07 Å². The molecular formula is C24H30FN3O2S. The third-order valence-corrected chi connectivity index (χ3v) is 7.74. The summed E-state index contributed by atoms with van der Waals surface area (Å²) < 4.78 is 18.5. The zero-order valence-corrected chi connectivity index (χ0v) is 18.6. The fourth-order valence-electron chi connectivity index (χ4n) is 4.81. The molecule has 1 aliphatic carbocycles. The van der Waals surface area contributed by atoms with Crippen molar-refractivity contribution in [1.82, 2.24) is 9.80 Å².